The number of carbonyl (C=O) groups excluding carboxylic acids is 2. The van der Waals surface area contributed by atoms with Gasteiger partial charge in [0.25, 0.3) is 5.91 Å². The monoisotopic (exact) mass is 567 g/mol. The Balaban J connectivity index is 1.63. The number of hydrazone groups is 1. The lowest BCUT2D eigenvalue weighted by Gasteiger charge is -2.31. The van der Waals surface area contributed by atoms with Crippen LogP contribution in [0.4, 0.5) is 4.79 Å². The van der Waals surface area contributed by atoms with E-state index >= 15 is 0 Å². The van der Waals surface area contributed by atoms with Crippen LogP contribution < -0.4 is 19.5 Å². The van der Waals surface area contributed by atoms with Crippen molar-refractivity contribution in [3.05, 3.63) is 53.6 Å². The highest BCUT2D eigenvalue weighted by Gasteiger charge is 2.36. The molecule has 1 fully saturated rings. The average molecular weight is 568 g/mol. The first-order valence-corrected chi connectivity index (χ1v) is 13.9. The molecule has 41 heavy (non-hydrogen) atoms. The highest BCUT2D eigenvalue weighted by atomic mass is 16.5. The zero-order valence-corrected chi connectivity index (χ0v) is 24.6. The quantitative estimate of drug-likeness (QED) is 0.445. The molecule has 2 heterocycles. The molecule has 4 rings (SSSR count). The minimum Gasteiger partial charge on any atom is -0.497 e. The first kappa shape index (κ1) is 30.1. The van der Waals surface area contributed by atoms with Gasteiger partial charge in [0.2, 0.25) is 0 Å². The Morgan fingerprint density at radius 2 is 1.71 bits per heavy atom. The van der Waals surface area contributed by atoms with Crippen LogP contribution in [0.15, 0.2) is 47.6 Å². The van der Waals surface area contributed by atoms with Crippen LogP contribution in [0, 0.1) is 0 Å². The zero-order chi connectivity index (χ0) is 29.4. The zero-order valence-electron chi connectivity index (χ0n) is 24.6. The van der Waals surface area contributed by atoms with Crippen molar-refractivity contribution < 1.29 is 28.5 Å². The highest BCUT2D eigenvalue weighted by molar-refractivity contribution is 6.03. The summed E-state index contributed by atoms with van der Waals surface area (Å²) in [6, 6.07) is 12.3. The first-order chi connectivity index (χ1) is 19.8. The summed E-state index contributed by atoms with van der Waals surface area (Å²) in [7, 11) is 4.82. The van der Waals surface area contributed by atoms with E-state index in [-0.39, 0.29) is 24.5 Å². The molecular formula is C30H41N5O6. The maximum absolute atomic E-state index is 14.0. The van der Waals surface area contributed by atoms with Crippen LogP contribution in [0.3, 0.4) is 0 Å². The Bertz CT molecular complexity index is 1210. The third-order valence-electron chi connectivity index (χ3n) is 7.20. The van der Waals surface area contributed by atoms with Gasteiger partial charge >= 0.3 is 6.03 Å². The summed E-state index contributed by atoms with van der Waals surface area (Å²) >= 11 is 0. The highest BCUT2D eigenvalue weighted by Crippen LogP contribution is 2.39. The van der Waals surface area contributed by atoms with Crippen LogP contribution in [0.1, 0.15) is 37.4 Å². The maximum Gasteiger partial charge on any atom is 0.318 e. The summed E-state index contributed by atoms with van der Waals surface area (Å²) in [5, 5.41) is 9.23. The molecule has 3 amide bonds. The number of methoxy groups -OCH3 is 3. The van der Waals surface area contributed by atoms with Crippen molar-refractivity contribution in [1.82, 2.24) is 20.1 Å². The topological polar surface area (TPSA) is 105 Å². The number of ether oxygens (including phenoxy) is 4. The second-order valence-electron chi connectivity index (χ2n) is 10.3. The predicted molar refractivity (Wildman–Crippen MR) is 156 cm³/mol. The molecule has 1 saturated heterocycles. The van der Waals surface area contributed by atoms with Crippen molar-refractivity contribution in [3.63, 3.8) is 0 Å². The van der Waals surface area contributed by atoms with Gasteiger partial charge in [-0.3, -0.25) is 9.69 Å². The molecular weight excluding hydrogens is 526 g/mol. The van der Waals surface area contributed by atoms with Crippen LogP contribution in [-0.2, 0) is 9.53 Å². The maximum atomic E-state index is 14.0. The number of hydrogen-bond acceptors (Lipinski definition) is 8. The van der Waals surface area contributed by atoms with E-state index < -0.39 is 6.04 Å². The largest absolute Gasteiger partial charge is 0.497 e. The number of amides is 3. The molecule has 1 atom stereocenters. The minimum atomic E-state index is -0.445. The Morgan fingerprint density at radius 1 is 1.02 bits per heavy atom. The van der Waals surface area contributed by atoms with Gasteiger partial charge in [0.1, 0.15) is 23.8 Å². The number of rotatable bonds is 11. The molecule has 0 unspecified atom stereocenters. The van der Waals surface area contributed by atoms with Crippen molar-refractivity contribution in [1.29, 1.82) is 0 Å². The summed E-state index contributed by atoms with van der Waals surface area (Å²) in [5.41, 5.74) is 2.41. The Hall–Kier alpha value is -3.83. The fourth-order valence-corrected chi connectivity index (χ4v) is 4.95. The fourth-order valence-electron chi connectivity index (χ4n) is 4.95. The van der Waals surface area contributed by atoms with Crippen molar-refractivity contribution in [2.75, 3.05) is 67.3 Å². The molecule has 2 aromatic rings. The molecule has 2 aromatic carbocycles. The molecule has 222 valence electrons. The average Bonchev–Trinajstić information content (AvgIpc) is 3.44. The fraction of sp³-hybridized carbons (Fsp3) is 0.500. The van der Waals surface area contributed by atoms with Crippen LogP contribution in [-0.4, -0.2) is 106 Å². The van der Waals surface area contributed by atoms with Gasteiger partial charge < -0.3 is 29.2 Å². The van der Waals surface area contributed by atoms with E-state index in [4.69, 9.17) is 24.0 Å². The molecule has 1 N–H and O–H groups in total. The molecule has 0 saturated carbocycles. The summed E-state index contributed by atoms with van der Waals surface area (Å²) < 4.78 is 21.9. The normalized spacial score (nSPS) is 17.3. The number of morpholine rings is 1. The van der Waals surface area contributed by atoms with Crippen molar-refractivity contribution in [2.45, 2.75) is 32.4 Å². The lowest BCUT2D eigenvalue weighted by molar-refractivity contribution is -0.133. The number of urea groups is 1. The van der Waals surface area contributed by atoms with Gasteiger partial charge in [-0.15, -0.1) is 0 Å². The number of nitrogens with zero attached hydrogens (tertiary/aromatic N) is 4. The number of nitrogens with one attached hydrogen (secondary N) is 1. The van der Waals surface area contributed by atoms with Crippen molar-refractivity contribution in [3.8, 4) is 17.2 Å². The van der Waals surface area contributed by atoms with Gasteiger partial charge in [-0.1, -0.05) is 0 Å². The van der Waals surface area contributed by atoms with E-state index in [2.05, 4.69) is 10.2 Å². The van der Waals surface area contributed by atoms with Crippen molar-refractivity contribution in [2.24, 2.45) is 5.10 Å². The van der Waals surface area contributed by atoms with E-state index in [9.17, 15) is 9.59 Å². The van der Waals surface area contributed by atoms with Crippen LogP contribution in [0.2, 0.25) is 0 Å². The summed E-state index contributed by atoms with van der Waals surface area (Å²) in [5.74, 6) is 1.72. The van der Waals surface area contributed by atoms with Gasteiger partial charge in [0, 0.05) is 44.2 Å². The van der Waals surface area contributed by atoms with E-state index in [1.54, 1.807) is 26.2 Å². The first-order valence-electron chi connectivity index (χ1n) is 13.9. The van der Waals surface area contributed by atoms with Gasteiger partial charge in [-0.05, 0) is 61.9 Å². The van der Waals surface area contributed by atoms with Gasteiger partial charge in [0.15, 0.2) is 0 Å². The Morgan fingerprint density at radius 3 is 2.34 bits per heavy atom. The van der Waals surface area contributed by atoms with Gasteiger partial charge in [0.05, 0.1) is 46.3 Å². The van der Waals surface area contributed by atoms with Crippen molar-refractivity contribution >= 4 is 17.6 Å². The Labute approximate surface area is 242 Å². The lowest BCUT2D eigenvalue weighted by Crippen LogP contribution is -2.50. The molecule has 0 bridgehead atoms. The SMILES string of the molecule is COc1ccc(C2=NN(C(=O)CN(CCN3CCOCC3)C(=O)NC(C)C)[C@H](c3cc(OC)ccc3OC)C2)cc1. The molecule has 2 aliphatic rings. The molecule has 11 heteroatoms. The number of benzene rings is 2. The molecule has 2 aliphatic heterocycles. The summed E-state index contributed by atoms with van der Waals surface area (Å²) in [4.78, 5) is 31.0. The summed E-state index contributed by atoms with van der Waals surface area (Å²) in [6.45, 7) is 7.66. The number of carbonyl (C=O) groups is 2. The Kier molecular flexibility index (Phi) is 10.4. The van der Waals surface area contributed by atoms with Gasteiger partial charge in [-0.25, -0.2) is 9.80 Å². The van der Waals surface area contributed by atoms with Gasteiger partial charge in [-0.2, -0.15) is 5.10 Å². The van der Waals surface area contributed by atoms with Crippen LogP contribution >= 0.6 is 0 Å². The molecule has 0 aromatic heterocycles. The van der Waals surface area contributed by atoms with E-state index in [0.717, 1.165) is 35.7 Å². The third kappa shape index (κ3) is 7.68. The third-order valence-corrected chi connectivity index (χ3v) is 7.20. The van der Waals surface area contributed by atoms with Crippen LogP contribution in [0.5, 0.6) is 17.2 Å². The van der Waals surface area contributed by atoms with E-state index in [0.29, 0.717) is 44.2 Å². The smallest absolute Gasteiger partial charge is 0.318 e. The van der Waals surface area contributed by atoms with Crippen LogP contribution in [0.25, 0.3) is 0 Å². The molecule has 0 radical (unpaired) electrons. The minimum absolute atomic E-state index is 0.0660. The standard InChI is InChI=1S/C30H41N5O6/c1-21(2)31-30(37)34(13-12-33-14-16-41-17-15-33)20-29(36)35-27(25-18-24(39-4)10-11-28(25)40-5)19-26(32-35)22-6-8-23(38-3)9-7-22/h6-11,18,21,27H,12-17,19-20H2,1-5H3,(H,31,37)/t27-/m0/s1. The second kappa shape index (κ2) is 14.2. The molecule has 0 spiro atoms. The lowest BCUT2D eigenvalue weighted by atomic mass is 9.97. The molecule has 11 nitrogen and oxygen atoms in total. The van der Waals surface area contributed by atoms with E-state index in [1.807, 2.05) is 56.3 Å². The number of hydrogen-bond donors (Lipinski definition) is 1. The molecule has 0 aliphatic carbocycles. The van der Waals surface area contributed by atoms with E-state index in [1.165, 1.54) is 5.01 Å². The summed E-state index contributed by atoms with van der Waals surface area (Å²) in [6.07, 6.45) is 0.466. The second-order valence-corrected chi connectivity index (χ2v) is 10.3. The predicted octanol–water partition coefficient (Wildman–Crippen LogP) is 3.14.